The summed E-state index contributed by atoms with van der Waals surface area (Å²) >= 11 is 0. The van der Waals surface area contributed by atoms with Crippen LogP contribution in [0.5, 0.6) is 5.88 Å². The largest absolute Gasteiger partial charge is 0.494 e. The third-order valence-electron chi connectivity index (χ3n) is 5.45. The van der Waals surface area contributed by atoms with E-state index in [0.29, 0.717) is 0 Å². The highest BCUT2D eigenvalue weighted by molar-refractivity contribution is 7.90. The number of sulfone groups is 1. The predicted octanol–water partition coefficient (Wildman–Crippen LogP) is 3.98. The molecule has 2 heterocycles. The van der Waals surface area contributed by atoms with E-state index in [1.807, 2.05) is 6.07 Å². The number of carbonyl (C=O) groups is 1. The summed E-state index contributed by atoms with van der Waals surface area (Å²) in [6, 6.07) is 7.90. The van der Waals surface area contributed by atoms with Gasteiger partial charge in [-0.2, -0.15) is 18.4 Å². The van der Waals surface area contributed by atoms with Crippen LogP contribution in [0.3, 0.4) is 0 Å². The fourth-order valence-electron chi connectivity index (χ4n) is 3.92. The Bertz CT molecular complexity index is 1470. The molecule has 4 rings (SSSR count). The number of aryl methyl sites for hydroxylation is 1. The molecule has 1 aromatic heterocycles. The number of nitrogens with zero attached hydrogens (tertiary/aromatic N) is 3. The standard InChI is InChI=1S/C22H17F3N4O4S/c1-28-11-16-18(20(28)30)19(15-7-6-12(10-26)8-17(15)34(2,32)33)27-21(31)29(16)14-5-3-4-13(9-14)22(23,24)25/h3-9,11,19,30H,1-2H3,(H,27,31)/t19-/m1/s1. The van der Waals surface area contributed by atoms with Crippen LogP contribution in [0.25, 0.3) is 0 Å². The van der Waals surface area contributed by atoms with Gasteiger partial charge in [0.1, 0.15) is 0 Å². The van der Waals surface area contributed by atoms with Crippen LogP contribution in [0, 0.1) is 11.3 Å². The van der Waals surface area contributed by atoms with Gasteiger partial charge >= 0.3 is 12.2 Å². The molecule has 8 nitrogen and oxygen atoms in total. The van der Waals surface area contributed by atoms with E-state index in [1.165, 1.54) is 36.0 Å². The quantitative estimate of drug-likeness (QED) is 0.576. The molecule has 0 saturated carbocycles. The number of hydrogen-bond donors (Lipinski definition) is 2. The van der Waals surface area contributed by atoms with Crippen molar-refractivity contribution >= 4 is 27.2 Å². The fraction of sp³-hybridized carbons (Fsp3) is 0.182. The summed E-state index contributed by atoms with van der Waals surface area (Å²) in [6.07, 6.45) is -2.34. The van der Waals surface area contributed by atoms with Crippen molar-refractivity contribution in [1.29, 1.82) is 5.26 Å². The first-order chi connectivity index (χ1) is 15.8. The van der Waals surface area contributed by atoms with Gasteiger partial charge in [0.05, 0.1) is 45.1 Å². The van der Waals surface area contributed by atoms with Crippen molar-refractivity contribution in [2.45, 2.75) is 17.1 Å². The number of nitrogens with one attached hydrogen (secondary N) is 1. The average molecular weight is 490 g/mol. The van der Waals surface area contributed by atoms with Crippen LogP contribution in [0.4, 0.5) is 29.3 Å². The van der Waals surface area contributed by atoms with Gasteiger partial charge in [-0.15, -0.1) is 0 Å². The monoisotopic (exact) mass is 490 g/mol. The maximum absolute atomic E-state index is 13.3. The van der Waals surface area contributed by atoms with E-state index in [2.05, 4.69) is 5.32 Å². The van der Waals surface area contributed by atoms with Crippen LogP contribution >= 0.6 is 0 Å². The molecule has 1 aliphatic rings. The molecule has 1 atom stereocenters. The zero-order chi connectivity index (χ0) is 25.0. The molecule has 176 valence electrons. The van der Waals surface area contributed by atoms with Crippen molar-refractivity contribution in [1.82, 2.24) is 9.88 Å². The van der Waals surface area contributed by atoms with Crippen LogP contribution in [0.15, 0.2) is 53.6 Å². The maximum Gasteiger partial charge on any atom is 0.416 e. The molecular formula is C22H17F3N4O4S. The molecule has 12 heteroatoms. The zero-order valence-electron chi connectivity index (χ0n) is 17.8. The first kappa shape index (κ1) is 23.2. The molecule has 2 N–H and O–H groups in total. The first-order valence-corrected chi connectivity index (χ1v) is 11.6. The Balaban J connectivity index is 1.93. The van der Waals surface area contributed by atoms with Crippen LogP contribution in [-0.2, 0) is 23.1 Å². The molecule has 1 aliphatic heterocycles. The topological polar surface area (TPSA) is 115 Å². The number of benzene rings is 2. The minimum absolute atomic E-state index is 0.0782. The predicted molar refractivity (Wildman–Crippen MR) is 115 cm³/mol. The van der Waals surface area contributed by atoms with Gasteiger partial charge in [0.25, 0.3) is 0 Å². The van der Waals surface area contributed by atoms with Gasteiger partial charge in [-0.3, -0.25) is 4.90 Å². The number of aromatic nitrogens is 1. The molecular weight excluding hydrogens is 473 g/mol. The SMILES string of the molecule is Cn1cc2c(c1O)[C@@H](c1ccc(C#N)cc1S(C)(=O)=O)NC(=O)N2c1cccc(C(F)(F)F)c1. The van der Waals surface area contributed by atoms with Crippen molar-refractivity contribution in [3.63, 3.8) is 0 Å². The highest BCUT2D eigenvalue weighted by Gasteiger charge is 2.39. The summed E-state index contributed by atoms with van der Waals surface area (Å²) in [7, 11) is -2.39. The highest BCUT2D eigenvalue weighted by Crippen LogP contribution is 2.46. The Kier molecular flexibility index (Phi) is 5.32. The minimum atomic E-state index is -4.64. The lowest BCUT2D eigenvalue weighted by Crippen LogP contribution is -2.44. The van der Waals surface area contributed by atoms with Gasteiger partial charge < -0.3 is 15.0 Å². The minimum Gasteiger partial charge on any atom is -0.494 e. The Morgan fingerprint density at radius 3 is 2.50 bits per heavy atom. The third-order valence-corrected chi connectivity index (χ3v) is 6.60. The van der Waals surface area contributed by atoms with E-state index in [4.69, 9.17) is 0 Å². The lowest BCUT2D eigenvalue weighted by molar-refractivity contribution is -0.137. The van der Waals surface area contributed by atoms with Gasteiger partial charge in [-0.1, -0.05) is 12.1 Å². The number of carbonyl (C=O) groups excluding carboxylic acids is 1. The van der Waals surface area contributed by atoms with Crippen molar-refractivity contribution in [3.05, 3.63) is 70.9 Å². The lowest BCUT2D eigenvalue weighted by Gasteiger charge is -2.34. The summed E-state index contributed by atoms with van der Waals surface area (Å²) in [5, 5.41) is 22.5. The van der Waals surface area contributed by atoms with Crippen molar-refractivity contribution in [2.24, 2.45) is 7.05 Å². The number of amides is 2. The summed E-state index contributed by atoms with van der Waals surface area (Å²) in [4.78, 5) is 13.9. The molecule has 0 fully saturated rings. The molecule has 0 saturated heterocycles. The number of halogens is 3. The highest BCUT2D eigenvalue weighted by atomic mass is 32.2. The molecule has 0 unspecified atom stereocenters. The van der Waals surface area contributed by atoms with E-state index in [1.54, 1.807) is 0 Å². The summed E-state index contributed by atoms with van der Waals surface area (Å²) in [6.45, 7) is 0. The van der Waals surface area contributed by atoms with Crippen LogP contribution in [-0.4, -0.2) is 30.4 Å². The van der Waals surface area contributed by atoms with Crippen LogP contribution in [0.2, 0.25) is 0 Å². The van der Waals surface area contributed by atoms with Gasteiger partial charge in [0.2, 0.25) is 0 Å². The number of rotatable bonds is 3. The number of nitriles is 1. The second-order valence-corrected chi connectivity index (χ2v) is 9.75. The normalized spacial score (nSPS) is 16.1. The second kappa shape index (κ2) is 7.81. The molecule has 3 aromatic rings. The van der Waals surface area contributed by atoms with E-state index >= 15 is 0 Å². The number of hydrogen-bond acceptors (Lipinski definition) is 5. The van der Waals surface area contributed by atoms with Crippen molar-refractivity contribution in [3.8, 4) is 11.9 Å². The molecule has 0 bridgehead atoms. The zero-order valence-corrected chi connectivity index (χ0v) is 18.6. The number of fused-ring (bicyclic) bond motifs is 1. The summed E-state index contributed by atoms with van der Waals surface area (Å²) < 4.78 is 65.9. The Hall–Kier alpha value is -3.98. The molecule has 34 heavy (non-hydrogen) atoms. The van der Waals surface area contributed by atoms with Crippen molar-refractivity contribution < 1.29 is 31.5 Å². The lowest BCUT2D eigenvalue weighted by atomic mass is 9.96. The smallest absolute Gasteiger partial charge is 0.416 e. The van der Waals surface area contributed by atoms with Crippen LogP contribution < -0.4 is 10.2 Å². The fourth-order valence-corrected chi connectivity index (χ4v) is 4.87. The van der Waals surface area contributed by atoms with Gasteiger partial charge in [-0.05, 0) is 35.9 Å². The van der Waals surface area contributed by atoms with E-state index < -0.39 is 33.6 Å². The molecule has 2 amide bonds. The number of urea groups is 1. The summed E-state index contributed by atoms with van der Waals surface area (Å²) in [5.74, 6) is -0.319. The van der Waals surface area contributed by atoms with E-state index in [-0.39, 0.29) is 38.8 Å². The van der Waals surface area contributed by atoms with Crippen molar-refractivity contribution in [2.75, 3.05) is 11.2 Å². The Morgan fingerprint density at radius 1 is 1.18 bits per heavy atom. The number of aromatic hydroxyl groups is 1. The number of anilines is 2. The molecule has 0 spiro atoms. The molecule has 2 aromatic carbocycles. The Morgan fingerprint density at radius 2 is 1.88 bits per heavy atom. The van der Waals surface area contributed by atoms with Gasteiger partial charge in [0.15, 0.2) is 15.7 Å². The van der Waals surface area contributed by atoms with E-state index in [0.717, 1.165) is 35.4 Å². The van der Waals surface area contributed by atoms with Crippen LogP contribution in [0.1, 0.15) is 28.3 Å². The number of alkyl halides is 3. The average Bonchev–Trinajstić information content (AvgIpc) is 3.05. The maximum atomic E-state index is 13.3. The molecule has 0 aliphatic carbocycles. The third kappa shape index (κ3) is 3.84. The van der Waals surface area contributed by atoms with E-state index in [9.17, 15) is 36.8 Å². The second-order valence-electron chi connectivity index (χ2n) is 7.77. The first-order valence-electron chi connectivity index (χ1n) is 9.73. The van der Waals surface area contributed by atoms with Gasteiger partial charge in [-0.25, -0.2) is 13.2 Å². The molecule has 0 radical (unpaired) electrons. The Labute approximate surface area is 192 Å². The summed E-state index contributed by atoms with van der Waals surface area (Å²) in [5.41, 5.74) is -0.712. The van der Waals surface area contributed by atoms with Gasteiger partial charge in [0, 0.05) is 19.5 Å².